The van der Waals surface area contributed by atoms with Crippen LogP contribution in [0.25, 0.3) is 5.69 Å². The first-order chi connectivity index (χ1) is 13.3. The van der Waals surface area contributed by atoms with Crippen LogP contribution in [0.3, 0.4) is 0 Å². The van der Waals surface area contributed by atoms with Gasteiger partial charge in [-0.15, -0.1) is 0 Å². The predicted molar refractivity (Wildman–Crippen MR) is 108 cm³/mol. The highest BCUT2D eigenvalue weighted by molar-refractivity contribution is 5.95. The Balaban J connectivity index is 1.58. The Morgan fingerprint density at radius 1 is 0.964 bits per heavy atom. The maximum atomic E-state index is 12.2. The van der Waals surface area contributed by atoms with Crippen molar-refractivity contribution in [3.05, 3.63) is 76.6 Å². The van der Waals surface area contributed by atoms with Gasteiger partial charge in [0, 0.05) is 11.4 Å². The molecule has 1 amide bonds. The van der Waals surface area contributed by atoms with Crippen LogP contribution >= 0.6 is 0 Å². The van der Waals surface area contributed by atoms with Gasteiger partial charge in [-0.3, -0.25) is 4.79 Å². The molecule has 144 valence electrons. The average Bonchev–Trinajstić information content (AvgIpc) is 2.97. The van der Waals surface area contributed by atoms with Gasteiger partial charge in [0.2, 0.25) is 0 Å². The molecule has 0 fully saturated rings. The third kappa shape index (κ3) is 4.65. The Kier molecular flexibility index (Phi) is 5.59. The van der Waals surface area contributed by atoms with Gasteiger partial charge in [-0.05, 0) is 81.3 Å². The second kappa shape index (κ2) is 8.08. The van der Waals surface area contributed by atoms with Gasteiger partial charge in [0.1, 0.15) is 0 Å². The number of nitrogens with zero attached hydrogens (tertiary/aromatic N) is 2. The van der Waals surface area contributed by atoms with Crippen LogP contribution in [0.15, 0.2) is 48.5 Å². The highest BCUT2D eigenvalue weighted by atomic mass is 16.5. The Bertz CT molecular complexity index is 1000. The van der Waals surface area contributed by atoms with E-state index in [0.717, 1.165) is 28.2 Å². The Hall–Kier alpha value is -3.41. The van der Waals surface area contributed by atoms with Crippen LogP contribution in [0.1, 0.15) is 32.9 Å². The minimum absolute atomic E-state index is 0.342. The number of aryl methyl sites for hydroxylation is 4. The first-order valence-electron chi connectivity index (χ1n) is 9.01. The average molecular weight is 377 g/mol. The van der Waals surface area contributed by atoms with Crippen molar-refractivity contribution in [1.82, 2.24) is 9.78 Å². The summed E-state index contributed by atoms with van der Waals surface area (Å²) in [5, 5.41) is 7.16. The maximum absolute atomic E-state index is 12.2. The SMILES string of the molecule is Cc1cc(C)cc(NC(=O)COC(=O)c2ccc(-n3nc(C)cc3C)cc2)c1. The first-order valence-corrected chi connectivity index (χ1v) is 9.01. The van der Waals surface area contributed by atoms with E-state index in [1.54, 1.807) is 24.3 Å². The van der Waals surface area contributed by atoms with Crippen molar-refractivity contribution < 1.29 is 14.3 Å². The topological polar surface area (TPSA) is 73.2 Å². The number of ether oxygens (including phenoxy) is 1. The number of carbonyl (C=O) groups is 2. The minimum Gasteiger partial charge on any atom is -0.452 e. The zero-order chi connectivity index (χ0) is 20.3. The van der Waals surface area contributed by atoms with E-state index in [-0.39, 0.29) is 12.5 Å². The molecule has 3 rings (SSSR count). The number of nitrogens with one attached hydrogen (secondary N) is 1. The van der Waals surface area contributed by atoms with E-state index in [0.29, 0.717) is 11.3 Å². The molecule has 28 heavy (non-hydrogen) atoms. The number of aromatic nitrogens is 2. The van der Waals surface area contributed by atoms with Crippen molar-refractivity contribution in [3.63, 3.8) is 0 Å². The van der Waals surface area contributed by atoms with E-state index < -0.39 is 5.97 Å². The molecule has 2 aromatic carbocycles. The smallest absolute Gasteiger partial charge is 0.338 e. The molecule has 0 spiro atoms. The largest absolute Gasteiger partial charge is 0.452 e. The van der Waals surface area contributed by atoms with E-state index in [1.165, 1.54) is 0 Å². The molecular formula is C22H23N3O3. The van der Waals surface area contributed by atoms with E-state index in [4.69, 9.17) is 4.74 Å². The molecule has 0 aliphatic carbocycles. The van der Waals surface area contributed by atoms with Crippen molar-refractivity contribution in [2.24, 2.45) is 0 Å². The molecule has 0 radical (unpaired) electrons. The molecule has 1 heterocycles. The summed E-state index contributed by atoms with van der Waals surface area (Å²) in [6, 6.07) is 14.7. The van der Waals surface area contributed by atoms with Gasteiger partial charge in [0.05, 0.1) is 16.9 Å². The van der Waals surface area contributed by atoms with Crippen molar-refractivity contribution in [1.29, 1.82) is 0 Å². The van der Waals surface area contributed by atoms with Crippen LogP contribution < -0.4 is 5.32 Å². The van der Waals surface area contributed by atoms with Crippen molar-refractivity contribution in [2.45, 2.75) is 27.7 Å². The quantitative estimate of drug-likeness (QED) is 0.685. The fourth-order valence-electron chi connectivity index (χ4n) is 3.09. The fraction of sp³-hybridized carbons (Fsp3) is 0.227. The summed E-state index contributed by atoms with van der Waals surface area (Å²) < 4.78 is 6.93. The maximum Gasteiger partial charge on any atom is 0.338 e. The summed E-state index contributed by atoms with van der Waals surface area (Å²) in [6.45, 7) is 7.47. The third-order valence-corrected chi connectivity index (χ3v) is 4.20. The van der Waals surface area contributed by atoms with Crippen molar-refractivity contribution in [3.8, 4) is 5.69 Å². The van der Waals surface area contributed by atoms with Gasteiger partial charge in [-0.25, -0.2) is 9.48 Å². The molecule has 0 aliphatic heterocycles. The molecule has 1 N–H and O–H groups in total. The number of hydrogen-bond donors (Lipinski definition) is 1. The van der Waals surface area contributed by atoms with Crippen molar-refractivity contribution in [2.75, 3.05) is 11.9 Å². The normalized spacial score (nSPS) is 10.6. The molecule has 0 saturated heterocycles. The molecular weight excluding hydrogens is 354 g/mol. The lowest BCUT2D eigenvalue weighted by Gasteiger charge is -2.09. The highest BCUT2D eigenvalue weighted by Crippen LogP contribution is 2.15. The van der Waals surface area contributed by atoms with E-state index in [9.17, 15) is 9.59 Å². The van der Waals surface area contributed by atoms with E-state index in [2.05, 4.69) is 10.4 Å². The van der Waals surface area contributed by atoms with Gasteiger partial charge >= 0.3 is 5.97 Å². The zero-order valence-corrected chi connectivity index (χ0v) is 16.4. The molecule has 0 bridgehead atoms. The third-order valence-electron chi connectivity index (χ3n) is 4.20. The van der Waals surface area contributed by atoms with Crippen LogP contribution in [0.4, 0.5) is 5.69 Å². The first kappa shape index (κ1) is 19.4. The molecule has 6 heteroatoms. The zero-order valence-electron chi connectivity index (χ0n) is 16.4. The Morgan fingerprint density at radius 2 is 1.61 bits per heavy atom. The van der Waals surface area contributed by atoms with E-state index in [1.807, 2.05) is 56.6 Å². The molecule has 1 aromatic heterocycles. The number of amides is 1. The number of benzene rings is 2. The van der Waals surface area contributed by atoms with Crippen molar-refractivity contribution >= 4 is 17.6 Å². The molecule has 3 aromatic rings. The molecule has 0 atom stereocenters. The van der Waals surface area contributed by atoms with Gasteiger partial charge in [0.25, 0.3) is 5.91 Å². The Labute approximate surface area is 164 Å². The van der Waals surface area contributed by atoms with Crippen LogP contribution in [0.2, 0.25) is 0 Å². The Morgan fingerprint density at radius 3 is 2.18 bits per heavy atom. The molecule has 6 nitrogen and oxygen atoms in total. The van der Waals surface area contributed by atoms with Gasteiger partial charge in [-0.1, -0.05) is 6.07 Å². The molecule has 0 saturated carbocycles. The van der Waals surface area contributed by atoms with Crippen LogP contribution in [0.5, 0.6) is 0 Å². The molecule has 0 unspecified atom stereocenters. The lowest BCUT2D eigenvalue weighted by molar-refractivity contribution is -0.119. The van der Waals surface area contributed by atoms with Gasteiger partial charge in [0.15, 0.2) is 6.61 Å². The van der Waals surface area contributed by atoms with Crippen LogP contribution in [0, 0.1) is 27.7 Å². The van der Waals surface area contributed by atoms with Gasteiger partial charge in [-0.2, -0.15) is 5.10 Å². The van der Waals surface area contributed by atoms with E-state index >= 15 is 0 Å². The lowest BCUT2D eigenvalue weighted by atomic mass is 10.1. The lowest BCUT2D eigenvalue weighted by Crippen LogP contribution is -2.21. The number of rotatable bonds is 5. The van der Waals surface area contributed by atoms with Gasteiger partial charge < -0.3 is 10.1 Å². The summed E-state index contributed by atoms with van der Waals surface area (Å²) in [7, 11) is 0. The summed E-state index contributed by atoms with van der Waals surface area (Å²) in [5.74, 6) is -0.923. The number of esters is 1. The van der Waals surface area contributed by atoms with Crippen LogP contribution in [-0.4, -0.2) is 28.3 Å². The fourth-order valence-corrected chi connectivity index (χ4v) is 3.09. The summed E-state index contributed by atoms with van der Waals surface area (Å²) in [5.41, 5.74) is 5.96. The molecule has 0 aliphatic rings. The minimum atomic E-state index is -0.546. The summed E-state index contributed by atoms with van der Waals surface area (Å²) >= 11 is 0. The number of anilines is 1. The standard InChI is InChI=1S/C22H23N3O3/c1-14-9-15(2)11-19(10-14)23-21(26)13-28-22(27)18-5-7-20(8-6-18)25-17(4)12-16(3)24-25/h5-12H,13H2,1-4H3,(H,23,26). The monoisotopic (exact) mass is 377 g/mol. The highest BCUT2D eigenvalue weighted by Gasteiger charge is 2.12. The second-order valence-electron chi connectivity index (χ2n) is 6.89. The predicted octanol–water partition coefficient (Wildman–Crippen LogP) is 3.90. The number of carbonyl (C=O) groups excluding carboxylic acids is 2. The summed E-state index contributed by atoms with van der Waals surface area (Å²) in [6.07, 6.45) is 0. The number of hydrogen-bond acceptors (Lipinski definition) is 4. The van der Waals surface area contributed by atoms with Crippen LogP contribution in [-0.2, 0) is 9.53 Å². The second-order valence-corrected chi connectivity index (χ2v) is 6.89. The summed E-state index contributed by atoms with van der Waals surface area (Å²) in [4.78, 5) is 24.3.